The van der Waals surface area contributed by atoms with Crippen molar-refractivity contribution in [2.45, 2.75) is 18.9 Å². The van der Waals surface area contributed by atoms with Crippen LogP contribution < -0.4 is 14.9 Å². The number of allylic oxidation sites excluding steroid dienone is 1. The first-order valence-electron chi connectivity index (χ1n) is 13.8. The highest BCUT2D eigenvalue weighted by molar-refractivity contribution is 7.07. The third-order valence-electron chi connectivity index (χ3n) is 8.36. The lowest BCUT2D eigenvalue weighted by molar-refractivity contribution is -0.384. The molecule has 42 heavy (non-hydrogen) atoms. The fourth-order valence-electron chi connectivity index (χ4n) is 6.47. The van der Waals surface area contributed by atoms with Gasteiger partial charge in [-0.05, 0) is 68.8 Å². The zero-order chi connectivity index (χ0) is 28.4. The monoisotopic (exact) mass is 565 g/mol. The molecule has 0 unspecified atom stereocenters. The first-order valence-corrected chi connectivity index (χ1v) is 14.7. The van der Waals surface area contributed by atoms with Gasteiger partial charge in [0, 0.05) is 17.7 Å². The molecule has 0 radical (unpaired) electrons. The Balaban J connectivity index is 1.43. The zero-order valence-electron chi connectivity index (χ0n) is 22.4. The van der Waals surface area contributed by atoms with E-state index < -0.39 is 6.04 Å². The van der Waals surface area contributed by atoms with Crippen molar-refractivity contribution >= 4 is 50.3 Å². The van der Waals surface area contributed by atoms with Gasteiger partial charge in [-0.25, -0.2) is 4.99 Å². The second-order valence-electron chi connectivity index (χ2n) is 10.7. The van der Waals surface area contributed by atoms with Crippen molar-refractivity contribution < 1.29 is 4.92 Å². The molecule has 6 nitrogen and oxygen atoms in total. The van der Waals surface area contributed by atoms with Gasteiger partial charge in [0.05, 0.1) is 21.2 Å². The first-order chi connectivity index (χ1) is 20.6. The molecule has 2 heterocycles. The lowest BCUT2D eigenvalue weighted by Crippen LogP contribution is -2.38. The number of hydrogen-bond acceptors (Lipinski definition) is 5. The van der Waals surface area contributed by atoms with Crippen molar-refractivity contribution in [3.8, 4) is 0 Å². The van der Waals surface area contributed by atoms with Gasteiger partial charge in [-0.15, -0.1) is 0 Å². The van der Waals surface area contributed by atoms with Crippen LogP contribution in [0.1, 0.15) is 34.7 Å². The summed E-state index contributed by atoms with van der Waals surface area (Å²) in [7, 11) is 0. The number of thiazole rings is 1. The molecule has 7 heteroatoms. The first kappa shape index (κ1) is 24.6. The lowest BCUT2D eigenvalue weighted by atomic mass is 9.83. The van der Waals surface area contributed by atoms with E-state index in [0.29, 0.717) is 14.9 Å². The van der Waals surface area contributed by atoms with Gasteiger partial charge in [0.15, 0.2) is 4.80 Å². The van der Waals surface area contributed by atoms with Crippen molar-refractivity contribution in [2.75, 3.05) is 0 Å². The van der Waals surface area contributed by atoms with Crippen LogP contribution in [-0.2, 0) is 6.42 Å². The Morgan fingerprint density at radius 2 is 1.57 bits per heavy atom. The van der Waals surface area contributed by atoms with E-state index in [2.05, 4.69) is 42.5 Å². The highest BCUT2D eigenvalue weighted by atomic mass is 32.1. The van der Waals surface area contributed by atoms with Gasteiger partial charge >= 0.3 is 0 Å². The number of nitrogens with zero attached hydrogens (tertiary/aromatic N) is 3. The Kier molecular flexibility index (Phi) is 5.55. The van der Waals surface area contributed by atoms with E-state index in [1.165, 1.54) is 23.0 Å². The average Bonchev–Trinajstić information content (AvgIpc) is 3.33. The summed E-state index contributed by atoms with van der Waals surface area (Å²) in [5, 5.41) is 16.1. The lowest BCUT2D eigenvalue weighted by Gasteiger charge is -2.30. The van der Waals surface area contributed by atoms with Crippen molar-refractivity contribution in [3.63, 3.8) is 0 Å². The van der Waals surface area contributed by atoms with Crippen molar-refractivity contribution in [2.24, 2.45) is 4.99 Å². The van der Waals surface area contributed by atoms with Crippen LogP contribution in [0.25, 0.3) is 33.3 Å². The van der Waals surface area contributed by atoms with Gasteiger partial charge in [0.2, 0.25) is 0 Å². The second-order valence-corrected chi connectivity index (χ2v) is 11.7. The van der Waals surface area contributed by atoms with Crippen molar-refractivity contribution in [1.82, 2.24) is 4.57 Å². The molecule has 8 rings (SSSR count). The SMILES string of the molecule is O=c1/c(=C\c2c3ccccc3cc3ccccc23)sc2n1[C@H](c1cccc([N+](=O)[O-])c1)C1=C(N=2)c2ccccc2CC1. The van der Waals surface area contributed by atoms with Crippen molar-refractivity contribution in [1.29, 1.82) is 0 Å². The molecule has 6 aromatic rings. The van der Waals surface area contributed by atoms with Crippen LogP contribution in [0.3, 0.4) is 0 Å². The maximum atomic E-state index is 14.3. The smallest absolute Gasteiger partial charge is 0.271 e. The number of aromatic nitrogens is 1. The van der Waals surface area contributed by atoms with E-state index in [0.717, 1.165) is 56.8 Å². The molecule has 5 aromatic carbocycles. The number of rotatable bonds is 3. The maximum absolute atomic E-state index is 14.3. The zero-order valence-corrected chi connectivity index (χ0v) is 23.2. The van der Waals surface area contributed by atoms with E-state index in [1.54, 1.807) is 16.7 Å². The molecular formula is C35H23N3O3S. The quantitative estimate of drug-likeness (QED) is 0.139. The summed E-state index contributed by atoms with van der Waals surface area (Å²) < 4.78 is 2.33. The molecule has 1 aromatic heterocycles. The maximum Gasteiger partial charge on any atom is 0.271 e. The molecule has 1 aliphatic heterocycles. The fourth-order valence-corrected chi connectivity index (χ4v) is 7.45. The normalized spacial score (nSPS) is 16.2. The van der Waals surface area contributed by atoms with Crippen LogP contribution in [0.4, 0.5) is 5.69 Å². The van der Waals surface area contributed by atoms with Crippen LogP contribution in [0.2, 0.25) is 0 Å². The van der Waals surface area contributed by atoms with Gasteiger partial charge in [-0.3, -0.25) is 19.5 Å². The molecule has 0 N–H and O–H groups in total. The molecule has 0 saturated heterocycles. The number of non-ortho nitro benzene ring substituents is 1. The molecule has 0 spiro atoms. The largest absolute Gasteiger partial charge is 0.272 e. The van der Waals surface area contributed by atoms with E-state index in [9.17, 15) is 14.9 Å². The number of nitro benzene ring substituents is 1. The Hall–Kier alpha value is -5.14. The summed E-state index contributed by atoms with van der Waals surface area (Å²) in [5.41, 5.74) is 5.75. The van der Waals surface area contributed by atoms with E-state index in [-0.39, 0.29) is 16.2 Å². The minimum absolute atomic E-state index is 0.00668. The summed E-state index contributed by atoms with van der Waals surface area (Å²) in [6.07, 6.45) is 3.54. The predicted molar refractivity (Wildman–Crippen MR) is 167 cm³/mol. The minimum Gasteiger partial charge on any atom is -0.272 e. The van der Waals surface area contributed by atoms with Crippen LogP contribution >= 0.6 is 11.3 Å². The summed E-state index contributed by atoms with van der Waals surface area (Å²) in [6.45, 7) is 0. The molecule has 0 fully saturated rings. The molecule has 202 valence electrons. The molecule has 1 aliphatic carbocycles. The molecule has 2 aliphatic rings. The number of nitro groups is 1. The standard InChI is InChI=1S/C35H23N3O3S/c39-34-31(20-30-26-13-4-2-9-22(26)18-23-10-3-5-14-27(23)30)42-35-36-32-28-15-6-1-8-21(28)16-17-29(32)33(37(34)35)24-11-7-12-25(19-24)38(40)41/h1-15,18-20,33H,16-17H2/b31-20+/t33-/m1/s1. The van der Waals surface area contributed by atoms with Gasteiger partial charge in [-0.1, -0.05) is 96.3 Å². The van der Waals surface area contributed by atoms with E-state index in [4.69, 9.17) is 4.99 Å². The Morgan fingerprint density at radius 1 is 0.857 bits per heavy atom. The van der Waals surface area contributed by atoms with Crippen LogP contribution in [0, 0.1) is 10.1 Å². The topological polar surface area (TPSA) is 77.5 Å². The molecule has 1 atom stereocenters. The van der Waals surface area contributed by atoms with Gasteiger partial charge in [0.25, 0.3) is 11.2 Å². The molecule has 0 saturated carbocycles. The molecule has 0 amide bonds. The van der Waals surface area contributed by atoms with Gasteiger partial charge < -0.3 is 0 Å². The fraction of sp³-hybridized carbons (Fsp3) is 0.0857. The van der Waals surface area contributed by atoms with Crippen LogP contribution in [-0.4, -0.2) is 9.49 Å². The molecule has 0 bridgehead atoms. The number of hydrogen-bond donors (Lipinski definition) is 0. The summed E-state index contributed by atoms with van der Waals surface area (Å²) >= 11 is 1.37. The average molecular weight is 566 g/mol. The number of aryl methyl sites for hydroxylation is 1. The van der Waals surface area contributed by atoms with Crippen LogP contribution in [0.15, 0.2) is 118 Å². The van der Waals surface area contributed by atoms with Crippen molar-refractivity contribution in [3.05, 3.63) is 161 Å². The third-order valence-corrected chi connectivity index (χ3v) is 9.34. The number of benzene rings is 5. The molecular weight excluding hydrogens is 542 g/mol. The second kappa shape index (κ2) is 9.46. The predicted octanol–water partition coefficient (Wildman–Crippen LogP) is 6.53. The van der Waals surface area contributed by atoms with E-state index in [1.807, 2.05) is 48.5 Å². The minimum atomic E-state index is -0.476. The summed E-state index contributed by atoms with van der Waals surface area (Å²) in [5.74, 6) is 0. The Bertz CT molecular complexity index is 2280. The highest BCUT2D eigenvalue weighted by Gasteiger charge is 2.33. The summed E-state index contributed by atoms with van der Waals surface area (Å²) in [6, 6.07) is 33.1. The van der Waals surface area contributed by atoms with Gasteiger partial charge in [0.1, 0.15) is 0 Å². The summed E-state index contributed by atoms with van der Waals surface area (Å²) in [4.78, 5) is 31.4. The Labute approximate surface area is 244 Å². The van der Waals surface area contributed by atoms with Crippen LogP contribution in [0.5, 0.6) is 0 Å². The third kappa shape index (κ3) is 3.78. The Morgan fingerprint density at radius 3 is 2.33 bits per heavy atom. The number of fused-ring (bicyclic) bond motifs is 5. The van der Waals surface area contributed by atoms with E-state index >= 15 is 0 Å². The van der Waals surface area contributed by atoms with Gasteiger partial charge in [-0.2, -0.15) is 0 Å². The highest BCUT2D eigenvalue weighted by Crippen LogP contribution is 2.41.